The minimum absolute atomic E-state index is 0.0430. The molecule has 1 amide bonds. The van der Waals surface area contributed by atoms with Crippen LogP contribution in [0.25, 0.3) is 0 Å². The number of anilines is 1. The number of carbonyl (C=O) groups excluding carboxylic acids is 1. The lowest BCUT2D eigenvalue weighted by Gasteiger charge is -2.13. The minimum Gasteiger partial charge on any atom is -0.382 e. The Labute approximate surface area is 132 Å². The fraction of sp³-hybridized carbons (Fsp3) is 0.429. The van der Waals surface area contributed by atoms with Gasteiger partial charge in [0.1, 0.15) is 21.8 Å². The molecule has 4 nitrogen and oxygen atoms in total. The van der Waals surface area contributed by atoms with E-state index in [4.69, 9.17) is 28.5 Å². The first kappa shape index (κ1) is 15.9. The maximum absolute atomic E-state index is 13.4. The lowest BCUT2D eigenvalue weighted by molar-refractivity contribution is -0.125. The third-order valence-corrected chi connectivity index (χ3v) is 4.71. The summed E-state index contributed by atoms with van der Waals surface area (Å²) < 4.78 is 12.4. The Morgan fingerprint density at radius 1 is 1.48 bits per heavy atom. The molecule has 112 valence electrons. The van der Waals surface area contributed by atoms with Gasteiger partial charge >= 0.3 is 0 Å². The van der Waals surface area contributed by atoms with E-state index < -0.39 is 15.6 Å². The number of nitrogens with one attached hydrogen (secondary N) is 2. The van der Waals surface area contributed by atoms with Gasteiger partial charge in [-0.1, -0.05) is 6.07 Å². The fourth-order valence-electron chi connectivity index (χ4n) is 2.00. The normalized spacial score (nSPS) is 22.2. The number of rotatable bonds is 5. The van der Waals surface area contributed by atoms with Crippen LogP contribution in [0, 0.1) is 22.6 Å². The highest BCUT2D eigenvalue weighted by molar-refractivity contribution is 6.53. The SMILES string of the molecule is C[C@]1(C(=O)NCCNc2cccc(F)c2C#N)CC1(Cl)Cl. The Kier molecular flexibility index (Phi) is 4.31. The summed E-state index contributed by atoms with van der Waals surface area (Å²) >= 11 is 11.8. The van der Waals surface area contributed by atoms with Gasteiger partial charge < -0.3 is 10.6 Å². The van der Waals surface area contributed by atoms with Crippen LogP contribution in [0.2, 0.25) is 0 Å². The molecule has 0 saturated heterocycles. The predicted molar refractivity (Wildman–Crippen MR) is 79.8 cm³/mol. The van der Waals surface area contributed by atoms with Crippen LogP contribution in [0.5, 0.6) is 0 Å². The molecule has 0 bridgehead atoms. The fourth-order valence-corrected chi connectivity index (χ4v) is 2.71. The van der Waals surface area contributed by atoms with E-state index in [2.05, 4.69) is 10.6 Å². The topological polar surface area (TPSA) is 64.9 Å². The van der Waals surface area contributed by atoms with Gasteiger partial charge in [-0.25, -0.2) is 4.39 Å². The second-order valence-corrected chi connectivity index (χ2v) is 6.65. The van der Waals surface area contributed by atoms with Crippen molar-refractivity contribution >= 4 is 34.8 Å². The van der Waals surface area contributed by atoms with Crippen molar-refractivity contribution < 1.29 is 9.18 Å². The number of halogens is 3. The van der Waals surface area contributed by atoms with Gasteiger partial charge in [0.05, 0.1) is 11.1 Å². The summed E-state index contributed by atoms with van der Waals surface area (Å²) in [7, 11) is 0. The van der Waals surface area contributed by atoms with Gasteiger partial charge in [0.25, 0.3) is 0 Å². The molecule has 1 aliphatic carbocycles. The van der Waals surface area contributed by atoms with Gasteiger partial charge in [-0.3, -0.25) is 4.79 Å². The average Bonchev–Trinajstić information content (AvgIpc) is 2.95. The molecule has 2 N–H and O–H groups in total. The predicted octanol–water partition coefficient (Wildman–Crippen LogP) is 2.81. The molecular weight excluding hydrogens is 316 g/mol. The Balaban J connectivity index is 1.83. The van der Waals surface area contributed by atoms with Gasteiger partial charge in [0.2, 0.25) is 5.91 Å². The van der Waals surface area contributed by atoms with Crippen molar-refractivity contribution in [1.82, 2.24) is 5.32 Å². The van der Waals surface area contributed by atoms with Crippen molar-refractivity contribution in [2.24, 2.45) is 5.41 Å². The molecule has 0 spiro atoms. The molecule has 2 rings (SSSR count). The van der Waals surface area contributed by atoms with Gasteiger partial charge in [-0.15, -0.1) is 23.2 Å². The van der Waals surface area contributed by atoms with Crippen LogP contribution in [-0.2, 0) is 4.79 Å². The zero-order valence-electron chi connectivity index (χ0n) is 11.3. The van der Waals surface area contributed by atoms with Gasteiger partial charge in [-0.2, -0.15) is 5.26 Å². The van der Waals surface area contributed by atoms with E-state index in [9.17, 15) is 9.18 Å². The molecule has 7 heteroatoms. The zero-order valence-corrected chi connectivity index (χ0v) is 12.9. The van der Waals surface area contributed by atoms with Crippen LogP contribution >= 0.6 is 23.2 Å². The Morgan fingerprint density at radius 3 is 2.71 bits per heavy atom. The van der Waals surface area contributed by atoms with E-state index in [1.807, 2.05) is 0 Å². The molecule has 0 aromatic heterocycles. The molecule has 1 atom stereocenters. The number of nitrogens with zero attached hydrogens (tertiary/aromatic N) is 1. The lowest BCUT2D eigenvalue weighted by Crippen LogP contribution is -2.36. The molecule has 1 aromatic carbocycles. The summed E-state index contributed by atoms with van der Waals surface area (Å²) in [6.45, 7) is 2.38. The van der Waals surface area contributed by atoms with E-state index in [-0.39, 0.29) is 11.5 Å². The van der Waals surface area contributed by atoms with E-state index in [1.54, 1.807) is 19.1 Å². The van der Waals surface area contributed by atoms with Crippen molar-refractivity contribution in [3.05, 3.63) is 29.6 Å². The quantitative estimate of drug-likeness (QED) is 0.644. The van der Waals surface area contributed by atoms with Crippen LogP contribution in [0.15, 0.2) is 18.2 Å². The summed E-state index contributed by atoms with van der Waals surface area (Å²) in [5.74, 6) is -0.792. The Bertz CT molecular complexity index is 615. The number of amides is 1. The van der Waals surface area contributed by atoms with Crippen molar-refractivity contribution in [2.45, 2.75) is 17.7 Å². The van der Waals surface area contributed by atoms with Crippen molar-refractivity contribution in [3.8, 4) is 6.07 Å². The van der Waals surface area contributed by atoms with Crippen LogP contribution in [0.4, 0.5) is 10.1 Å². The van der Waals surface area contributed by atoms with Crippen molar-refractivity contribution in [3.63, 3.8) is 0 Å². The molecule has 1 aromatic rings. The maximum atomic E-state index is 13.4. The molecule has 0 aliphatic heterocycles. The molecule has 1 saturated carbocycles. The second kappa shape index (κ2) is 5.70. The highest BCUT2D eigenvalue weighted by atomic mass is 35.5. The molecule has 1 fully saturated rings. The highest BCUT2D eigenvalue weighted by Gasteiger charge is 2.67. The highest BCUT2D eigenvalue weighted by Crippen LogP contribution is 2.63. The average molecular weight is 330 g/mol. The first-order valence-electron chi connectivity index (χ1n) is 6.40. The van der Waals surface area contributed by atoms with Crippen LogP contribution in [-0.4, -0.2) is 23.3 Å². The number of hydrogen-bond acceptors (Lipinski definition) is 3. The maximum Gasteiger partial charge on any atom is 0.229 e. The summed E-state index contributed by atoms with van der Waals surface area (Å²) in [4.78, 5) is 11.9. The third-order valence-electron chi connectivity index (χ3n) is 3.61. The largest absolute Gasteiger partial charge is 0.382 e. The summed E-state index contributed by atoms with van der Waals surface area (Å²) in [5.41, 5.74) is -0.404. The molecule has 0 radical (unpaired) electrons. The third kappa shape index (κ3) is 3.07. The molecular formula is C14H14Cl2FN3O. The second-order valence-electron chi connectivity index (χ2n) is 5.17. The molecule has 1 aliphatic rings. The van der Waals surface area contributed by atoms with Crippen LogP contribution < -0.4 is 10.6 Å². The van der Waals surface area contributed by atoms with Crippen molar-refractivity contribution in [2.75, 3.05) is 18.4 Å². The van der Waals surface area contributed by atoms with E-state index in [0.717, 1.165) is 0 Å². The number of hydrogen-bond donors (Lipinski definition) is 2. The van der Waals surface area contributed by atoms with E-state index >= 15 is 0 Å². The van der Waals surface area contributed by atoms with Gasteiger partial charge in [0.15, 0.2) is 0 Å². The monoisotopic (exact) mass is 329 g/mol. The molecule has 0 unspecified atom stereocenters. The number of nitriles is 1. The van der Waals surface area contributed by atoms with E-state index in [1.165, 1.54) is 12.1 Å². The van der Waals surface area contributed by atoms with E-state index in [0.29, 0.717) is 25.2 Å². The first-order chi connectivity index (χ1) is 9.82. The standard InChI is InChI=1S/C14H14Cl2FN3O/c1-13(8-14(13,15)16)12(21)20-6-5-19-11-4-2-3-10(17)9(11)7-18/h2-4,19H,5-6,8H2,1H3,(H,20,21)/t13-/m1/s1. The number of carbonyl (C=O) groups is 1. The molecule has 21 heavy (non-hydrogen) atoms. The summed E-state index contributed by atoms with van der Waals surface area (Å²) in [6.07, 6.45) is 0.421. The number of benzene rings is 1. The lowest BCUT2D eigenvalue weighted by atomic mass is 10.1. The minimum atomic E-state index is -0.999. The smallest absolute Gasteiger partial charge is 0.229 e. The van der Waals surface area contributed by atoms with Gasteiger partial charge in [0, 0.05) is 13.1 Å². The van der Waals surface area contributed by atoms with Crippen LogP contribution in [0.1, 0.15) is 18.9 Å². The summed E-state index contributed by atoms with van der Waals surface area (Å²) in [6, 6.07) is 6.14. The van der Waals surface area contributed by atoms with Gasteiger partial charge in [-0.05, 0) is 25.5 Å². The Morgan fingerprint density at radius 2 is 2.14 bits per heavy atom. The number of alkyl halides is 2. The summed E-state index contributed by atoms with van der Waals surface area (Å²) in [5, 5.41) is 14.5. The first-order valence-corrected chi connectivity index (χ1v) is 7.16. The van der Waals surface area contributed by atoms with Crippen LogP contribution in [0.3, 0.4) is 0 Å². The zero-order chi connectivity index (χ0) is 15.7. The van der Waals surface area contributed by atoms with Crippen molar-refractivity contribution in [1.29, 1.82) is 5.26 Å². The molecule has 0 heterocycles. The Hall–Kier alpha value is -1.51.